The number of hydrogen-bond donors (Lipinski definition) is 1. The normalized spacial score (nSPS) is 16.4. The molecule has 15 heavy (non-hydrogen) atoms. The Balaban J connectivity index is 3.45. The molecule has 0 amide bonds. The first-order valence-corrected chi connectivity index (χ1v) is 5.20. The van der Waals surface area contributed by atoms with Crippen molar-refractivity contribution in [3.8, 4) is 0 Å². The highest BCUT2D eigenvalue weighted by molar-refractivity contribution is 4.65. The number of rotatable bonds is 7. The zero-order valence-corrected chi connectivity index (χ0v) is 9.31. The van der Waals surface area contributed by atoms with E-state index in [0.717, 1.165) is 6.42 Å². The maximum absolute atomic E-state index is 11.8. The molecule has 0 aromatic carbocycles. The molecule has 0 aliphatic heterocycles. The molecule has 0 saturated heterocycles. The van der Waals surface area contributed by atoms with E-state index < -0.39 is 12.6 Å². The van der Waals surface area contributed by atoms with E-state index in [4.69, 9.17) is 10.5 Å². The second-order valence-electron chi connectivity index (χ2n) is 3.89. The number of halogens is 3. The maximum atomic E-state index is 11.8. The molecule has 0 aromatic rings. The molecule has 0 heterocycles. The molecular formula is C10H20F3NO. The van der Waals surface area contributed by atoms with Crippen LogP contribution in [0.2, 0.25) is 0 Å². The highest BCUT2D eigenvalue weighted by Crippen LogP contribution is 2.23. The lowest BCUT2D eigenvalue weighted by Gasteiger charge is -2.15. The molecule has 0 saturated carbocycles. The second kappa shape index (κ2) is 7.06. The minimum Gasteiger partial charge on any atom is -0.382 e. The molecule has 0 aliphatic rings. The van der Waals surface area contributed by atoms with Gasteiger partial charge in [-0.15, -0.1) is 0 Å². The van der Waals surface area contributed by atoms with Crippen LogP contribution in [-0.2, 0) is 4.74 Å². The zero-order valence-electron chi connectivity index (χ0n) is 9.31. The van der Waals surface area contributed by atoms with Gasteiger partial charge in [-0.05, 0) is 32.6 Å². The molecule has 5 heteroatoms. The Morgan fingerprint density at radius 3 is 2.27 bits per heavy atom. The Morgan fingerprint density at radius 2 is 1.80 bits per heavy atom. The monoisotopic (exact) mass is 227 g/mol. The van der Waals surface area contributed by atoms with Crippen LogP contribution < -0.4 is 5.73 Å². The van der Waals surface area contributed by atoms with Crippen LogP contribution in [0.15, 0.2) is 0 Å². The van der Waals surface area contributed by atoms with E-state index >= 15 is 0 Å². The molecule has 0 rings (SSSR count). The predicted molar refractivity (Wildman–Crippen MR) is 53.6 cm³/mol. The van der Waals surface area contributed by atoms with Crippen LogP contribution in [0.4, 0.5) is 13.2 Å². The number of nitrogens with two attached hydrogens (primary N) is 1. The summed E-state index contributed by atoms with van der Waals surface area (Å²) in [5.41, 5.74) is 5.68. The minimum atomic E-state index is -4.06. The quantitative estimate of drug-likeness (QED) is 0.725. The summed E-state index contributed by atoms with van der Waals surface area (Å²) >= 11 is 0. The van der Waals surface area contributed by atoms with Crippen molar-refractivity contribution in [2.24, 2.45) is 5.73 Å². The van der Waals surface area contributed by atoms with Gasteiger partial charge >= 0.3 is 6.18 Å². The summed E-state index contributed by atoms with van der Waals surface area (Å²) in [6.07, 6.45) is -2.61. The lowest BCUT2D eigenvalue weighted by atomic mass is 10.0. The Hall–Kier alpha value is -0.290. The predicted octanol–water partition coefficient (Wildman–Crippen LogP) is 2.86. The summed E-state index contributed by atoms with van der Waals surface area (Å²) in [6.45, 7) is 1.92. The number of alkyl halides is 3. The van der Waals surface area contributed by atoms with E-state index in [0.29, 0.717) is 12.8 Å². The van der Waals surface area contributed by atoms with Crippen molar-refractivity contribution in [1.29, 1.82) is 0 Å². The summed E-state index contributed by atoms with van der Waals surface area (Å²) in [5, 5.41) is 0. The third-order valence-corrected chi connectivity index (χ3v) is 2.38. The molecule has 2 nitrogen and oxygen atoms in total. The Morgan fingerprint density at radius 1 is 1.20 bits per heavy atom. The number of ether oxygens (including phenoxy) is 1. The molecular weight excluding hydrogens is 207 g/mol. The van der Waals surface area contributed by atoms with Gasteiger partial charge in [-0.25, -0.2) is 0 Å². The van der Waals surface area contributed by atoms with Crippen molar-refractivity contribution in [2.75, 3.05) is 7.11 Å². The van der Waals surface area contributed by atoms with Gasteiger partial charge in [0.2, 0.25) is 0 Å². The Kier molecular flexibility index (Phi) is 6.92. The van der Waals surface area contributed by atoms with Gasteiger partial charge in [0.05, 0.1) is 6.10 Å². The highest BCUT2D eigenvalue weighted by Gasteiger charge is 2.26. The van der Waals surface area contributed by atoms with Crippen LogP contribution in [0.1, 0.15) is 39.0 Å². The van der Waals surface area contributed by atoms with E-state index in [2.05, 4.69) is 0 Å². The topological polar surface area (TPSA) is 35.2 Å². The first-order chi connectivity index (χ1) is 6.85. The van der Waals surface area contributed by atoms with Gasteiger partial charge in [0, 0.05) is 19.6 Å². The molecule has 92 valence electrons. The second-order valence-corrected chi connectivity index (χ2v) is 3.89. The van der Waals surface area contributed by atoms with E-state index in [1.54, 1.807) is 7.11 Å². The fraction of sp³-hybridized carbons (Fsp3) is 1.00. The standard InChI is InChI=1S/C10H20F3NO/c1-8(15-2)5-6-9(14)4-3-7-10(11,12)13/h8-9H,3-7,14H2,1-2H3. The summed E-state index contributed by atoms with van der Waals surface area (Å²) in [4.78, 5) is 0. The van der Waals surface area contributed by atoms with E-state index in [1.807, 2.05) is 6.92 Å². The van der Waals surface area contributed by atoms with Crippen LogP contribution in [0.25, 0.3) is 0 Å². The van der Waals surface area contributed by atoms with Crippen molar-refractivity contribution in [3.05, 3.63) is 0 Å². The molecule has 0 aromatic heterocycles. The summed E-state index contributed by atoms with van der Waals surface area (Å²) in [6, 6.07) is -0.148. The number of methoxy groups -OCH3 is 1. The van der Waals surface area contributed by atoms with Crippen LogP contribution in [0.5, 0.6) is 0 Å². The fourth-order valence-electron chi connectivity index (χ4n) is 1.28. The lowest BCUT2D eigenvalue weighted by Crippen LogP contribution is -2.22. The number of hydrogen-bond acceptors (Lipinski definition) is 2. The molecule has 0 aliphatic carbocycles. The van der Waals surface area contributed by atoms with Crippen LogP contribution in [0.3, 0.4) is 0 Å². The maximum Gasteiger partial charge on any atom is 0.389 e. The van der Waals surface area contributed by atoms with Crippen molar-refractivity contribution in [1.82, 2.24) is 0 Å². The molecule has 0 bridgehead atoms. The van der Waals surface area contributed by atoms with Gasteiger partial charge in [0.15, 0.2) is 0 Å². The third-order valence-electron chi connectivity index (χ3n) is 2.38. The van der Waals surface area contributed by atoms with Gasteiger partial charge in [0.25, 0.3) is 0 Å². The van der Waals surface area contributed by atoms with Gasteiger partial charge in [0.1, 0.15) is 0 Å². The van der Waals surface area contributed by atoms with E-state index in [1.165, 1.54) is 0 Å². The third kappa shape index (κ3) is 10.0. The largest absolute Gasteiger partial charge is 0.389 e. The highest BCUT2D eigenvalue weighted by atomic mass is 19.4. The smallest absolute Gasteiger partial charge is 0.382 e. The summed E-state index contributed by atoms with van der Waals surface area (Å²) in [5.74, 6) is 0. The van der Waals surface area contributed by atoms with Crippen LogP contribution in [-0.4, -0.2) is 25.4 Å². The van der Waals surface area contributed by atoms with E-state index in [9.17, 15) is 13.2 Å². The van der Waals surface area contributed by atoms with Crippen LogP contribution in [0, 0.1) is 0 Å². The van der Waals surface area contributed by atoms with Gasteiger partial charge in [-0.1, -0.05) is 0 Å². The van der Waals surface area contributed by atoms with Gasteiger partial charge in [-0.3, -0.25) is 0 Å². The van der Waals surface area contributed by atoms with Crippen molar-refractivity contribution in [2.45, 2.75) is 57.3 Å². The summed E-state index contributed by atoms with van der Waals surface area (Å²) in [7, 11) is 1.61. The molecule has 0 spiro atoms. The molecule has 2 atom stereocenters. The average Bonchev–Trinajstić information content (AvgIpc) is 2.12. The van der Waals surface area contributed by atoms with E-state index in [-0.39, 0.29) is 18.6 Å². The van der Waals surface area contributed by atoms with Crippen molar-refractivity contribution < 1.29 is 17.9 Å². The van der Waals surface area contributed by atoms with Gasteiger partial charge in [-0.2, -0.15) is 13.2 Å². The molecule has 0 fully saturated rings. The molecule has 0 radical (unpaired) electrons. The molecule has 2 N–H and O–H groups in total. The average molecular weight is 227 g/mol. The van der Waals surface area contributed by atoms with Crippen LogP contribution >= 0.6 is 0 Å². The molecule has 2 unspecified atom stereocenters. The Labute approximate surface area is 89.0 Å². The van der Waals surface area contributed by atoms with Crippen molar-refractivity contribution >= 4 is 0 Å². The zero-order chi connectivity index (χ0) is 11.9. The van der Waals surface area contributed by atoms with Crippen molar-refractivity contribution in [3.63, 3.8) is 0 Å². The first kappa shape index (κ1) is 14.7. The minimum absolute atomic E-state index is 0.117. The Bertz CT molecular complexity index is 161. The van der Waals surface area contributed by atoms with Gasteiger partial charge < -0.3 is 10.5 Å². The first-order valence-electron chi connectivity index (χ1n) is 5.20. The summed E-state index contributed by atoms with van der Waals surface area (Å²) < 4.78 is 40.5. The fourth-order valence-corrected chi connectivity index (χ4v) is 1.28. The SMILES string of the molecule is COC(C)CCC(N)CCCC(F)(F)F. The lowest BCUT2D eigenvalue weighted by molar-refractivity contribution is -0.135.